The fourth-order valence-corrected chi connectivity index (χ4v) is 3.21. The number of aromatic nitrogens is 1. The van der Waals surface area contributed by atoms with Crippen molar-refractivity contribution in [3.63, 3.8) is 0 Å². The highest BCUT2D eigenvalue weighted by Gasteiger charge is 2.42. The maximum absolute atomic E-state index is 12.7. The highest BCUT2D eigenvalue weighted by Crippen LogP contribution is 2.35. The molecular weight excluding hydrogens is 292 g/mol. The normalized spacial score (nSPS) is 24.3. The Morgan fingerprint density at radius 1 is 1.52 bits per heavy atom. The fourth-order valence-electron chi connectivity index (χ4n) is 3.21. The molecule has 1 aromatic rings. The maximum atomic E-state index is 12.7. The molecule has 0 unspecified atom stereocenters. The summed E-state index contributed by atoms with van der Waals surface area (Å²) in [5.74, 6) is 1.05. The largest absolute Gasteiger partial charge is 0.477 e. The van der Waals surface area contributed by atoms with E-state index in [1.807, 2.05) is 13.0 Å². The van der Waals surface area contributed by atoms with Gasteiger partial charge < -0.3 is 14.8 Å². The van der Waals surface area contributed by atoms with E-state index in [0.29, 0.717) is 24.1 Å². The molecule has 5 nitrogen and oxygen atoms in total. The molecule has 1 N–H and O–H groups in total. The van der Waals surface area contributed by atoms with Gasteiger partial charge in [0.1, 0.15) is 5.60 Å². The van der Waals surface area contributed by atoms with Crippen LogP contribution in [0.4, 0.5) is 5.69 Å². The molecule has 2 atom stereocenters. The van der Waals surface area contributed by atoms with E-state index in [1.54, 1.807) is 13.3 Å². The predicted molar refractivity (Wildman–Crippen MR) is 90.8 cm³/mol. The van der Waals surface area contributed by atoms with Crippen molar-refractivity contribution in [3.8, 4) is 5.88 Å². The molecule has 0 saturated heterocycles. The second kappa shape index (κ2) is 7.77. The number of hydrogen-bond donors (Lipinski definition) is 1. The van der Waals surface area contributed by atoms with E-state index < -0.39 is 5.60 Å². The van der Waals surface area contributed by atoms with Gasteiger partial charge in [-0.05, 0) is 44.6 Å². The van der Waals surface area contributed by atoms with Crippen molar-refractivity contribution in [3.05, 3.63) is 17.8 Å². The first kappa shape index (κ1) is 17.7. The number of methoxy groups -OCH3 is 1. The van der Waals surface area contributed by atoms with Gasteiger partial charge in [-0.1, -0.05) is 20.3 Å². The summed E-state index contributed by atoms with van der Waals surface area (Å²) in [7, 11) is 1.63. The number of carbonyl (C=O) groups is 1. The molecule has 0 radical (unpaired) electrons. The Morgan fingerprint density at radius 3 is 2.91 bits per heavy atom. The summed E-state index contributed by atoms with van der Waals surface area (Å²) >= 11 is 0. The molecule has 0 aliphatic heterocycles. The Hall–Kier alpha value is -1.62. The van der Waals surface area contributed by atoms with Gasteiger partial charge in [0.05, 0.1) is 18.5 Å². The summed E-state index contributed by atoms with van der Waals surface area (Å²) < 4.78 is 11.2. The number of anilines is 1. The Bertz CT molecular complexity index is 547. The minimum atomic E-state index is -0.719. The summed E-state index contributed by atoms with van der Waals surface area (Å²) in [4.78, 5) is 17.0. The Morgan fingerprint density at radius 2 is 2.30 bits per heavy atom. The number of carbonyl (C=O) groups excluding carboxylic acids is 1. The standard InChI is InChI=1S/C18H28N2O3/c1-5-9-23-16-14(3)10-15(12-19-16)20-17(21)18(22-4)8-6-7-13(2)11-18/h10,12-13H,5-9,11H2,1-4H3,(H,20,21)/t13-,18-/m0/s1. The summed E-state index contributed by atoms with van der Waals surface area (Å²) in [5, 5.41) is 2.97. The Kier molecular flexibility index (Phi) is 5.99. The molecule has 1 heterocycles. The quantitative estimate of drug-likeness (QED) is 0.868. The number of nitrogens with zero attached hydrogens (tertiary/aromatic N) is 1. The topological polar surface area (TPSA) is 60.5 Å². The molecule has 1 fully saturated rings. The first-order valence-corrected chi connectivity index (χ1v) is 8.47. The molecule has 0 aromatic carbocycles. The molecule has 1 amide bonds. The summed E-state index contributed by atoms with van der Waals surface area (Å²) in [6, 6.07) is 1.89. The van der Waals surface area contributed by atoms with E-state index in [1.165, 1.54) is 0 Å². The van der Waals surface area contributed by atoms with Crippen LogP contribution in [0, 0.1) is 12.8 Å². The molecule has 1 aliphatic rings. The minimum absolute atomic E-state index is 0.0741. The molecule has 5 heteroatoms. The van der Waals surface area contributed by atoms with Gasteiger partial charge in [0.25, 0.3) is 5.91 Å². The van der Waals surface area contributed by atoms with Gasteiger partial charge in [-0.2, -0.15) is 0 Å². The van der Waals surface area contributed by atoms with Gasteiger partial charge in [0.2, 0.25) is 5.88 Å². The first-order chi connectivity index (χ1) is 11.0. The van der Waals surface area contributed by atoms with Crippen LogP contribution in [0.3, 0.4) is 0 Å². The summed E-state index contributed by atoms with van der Waals surface area (Å²) in [6.07, 6.45) is 6.29. The smallest absolute Gasteiger partial charge is 0.256 e. The maximum Gasteiger partial charge on any atom is 0.256 e. The lowest BCUT2D eigenvalue weighted by Crippen LogP contribution is -2.47. The Labute approximate surface area is 138 Å². The molecule has 2 rings (SSSR count). The van der Waals surface area contributed by atoms with Crippen LogP contribution in [0.25, 0.3) is 0 Å². The van der Waals surface area contributed by atoms with Crippen LogP contribution in [0.1, 0.15) is 51.5 Å². The molecule has 23 heavy (non-hydrogen) atoms. The van der Waals surface area contributed by atoms with Gasteiger partial charge in [-0.15, -0.1) is 0 Å². The van der Waals surface area contributed by atoms with Crippen molar-refractivity contribution >= 4 is 11.6 Å². The van der Waals surface area contributed by atoms with Crippen molar-refractivity contribution in [2.45, 2.75) is 58.5 Å². The van der Waals surface area contributed by atoms with Gasteiger partial charge in [0, 0.05) is 12.7 Å². The zero-order chi connectivity index (χ0) is 16.9. The lowest BCUT2D eigenvalue weighted by atomic mass is 9.78. The molecule has 1 aliphatic carbocycles. The predicted octanol–water partition coefficient (Wildman–Crippen LogP) is 3.71. The molecule has 128 valence electrons. The lowest BCUT2D eigenvalue weighted by molar-refractivity contribution is -0.143. The third kappa shape index (κ3) is 4.22. The third-order valence-electron chi connectivity index (χ3n) is 4.49. The number of rotatable bonds is 6. The number of pyridine rings is 1. The van der Waals surface area contributed by atoms with E-state index in [-0.39, 0.29) is 5.91 Å². The monoisotopic (exact) mass is 320 g/mol. The average molecular weight is 320 g/mol. The molecule has 0 spiro atoms. The van der Waals surface area contributed by atoms with Crippen molar-refractivity contribution in [1.82, 2.24) is 4.98 Å². The van der Waals surface area contributed by atoms with Crippen molar-refractivity contribution in [1.29, 1.82) is 0 Å². The van der Waals surface area contributed by atoms with Crippen molar-refractivity contribution in [2.75, 3.05) is 19.0 Å². The summed E-state index contributed by atoms with van der Waals surface area (Å²) in [5.41, 5.74) is 0.883. The molecule has 1 saturated carbocycles. The highest BCUT2D eigenvalue weighted by molar-refractivity contribution is 5.97. The minimum Gasteiger partial charge on any atom is -0.477 e. The van der Waals surface area contributed by atoms with Crippen LogP contribution in [0.2, 0.25) is 0 Å². The number of nitrogens with one attached hydrogen (secondary N) is 1. The van der Waals surface area contributed by atoms with Gasteiger partial charge in [-0.25, -0.2) is 4.98 Å². The molecule has 0 bridgehead atoms. The van der Waals surface area contributed by atoms with Gasteiger partial charge in [0.15, 0.2) is 0 Å². The average Bonchev–Trinajstić information content (AvgIpc) is 2.54. The zero-order valence-corrected chi connectivity index (χ0v) is 14.6. The van der Waals surface area contributed by atoms with Crippen LogP contribution in [-0.4, -0.2) is 30.2 Å². The lowest BCUT2D eigenvalue weighted by Gasteiger charge is -2.37. The summed E-state index contributed by atoms with van der Waals surface area (Å²) in [6.45, 7) is 6.80. The van der Waals surface area contributed by atoms with Crippen LogP contribution in [-0.2, 0) is 9.53 Å². The molecule has 1 aromatic heterocycles. The van der Waals surface area contributed by atoms with E-state index in [2.05, 4.69) is 24.1 Å². The fraction of sp³-hybridized carbons (Fsp3) is 0.667. The zero-order valence-electron chi connectivity index (χ0n) is 14.6. The van der Waals surface area contributed by atoms with Crippen LogP contribution in [0.15, 0.2) is 12.3 Å². The second-order valence-corrected chi connectivity index (χ2v) is 6.55. The van der Waals surface area contributed by atoms with Crippen molar-refractivity contribution < 1.29 is 14.3 Å². The number of ether oxygens (including phenoxy) is 2. The van der Waals surface area contributed by atoms with Gasteiger partial charge >= 0.3 is 0 Å². The highest BCUT2D eigenvalue weighted by atomic mass is 16.5. The van der Waals surface area contributed by atoms with Crippen LogP contribution < -0.4 is 10.1 Å². The molecular formula is C18H28N2O3. The third-order valence-corrected chi connectivity index (χ3v) is 4.49. The van der Waals surface area contributed by atoms with Crippen molar-refractivity contribution in [2.24, 2.45) is 5.92 Å². The number of amides is 1. The van der Waals surface area contributed by atoms with E-state index in [4.69, 9.17) is 9.47 Å². The van der Waals surface area contributed by atoms with E-state index in [0.717, 1.165) is 37.7 Å². The Balaban J connectivity index is 2.08. The second-order valence-electron chi connectivity index (χ2n) is 6.55. The van der Waals surface area contributed by atoms with Gasteiger partial charge in [-0.3, -0.25) is 4.79 Å². The van der Waals surface area contributed by atoms with E-state index >= 15 is 0 Å². The van der Waals surface area contributed by atoms with Crippen LogP contribution in [0.5, 0.6) is 5.88 Å². The number of hydrogen-bond acceptors (Lipinski definition) is 4. The van der Waals surface area contributed by atoms with Crippen LogP contribution >= 0.6 is 0 Å². The van der Waals surface area contributed by atoms with E-state index in [9.17, 15) is 4.79 Å². The SMILES string of the molecule is CCCOc1ncc(NC(=O)[C@]2(OC)CCC[C@H](C)C2)cc1C. The number of aryl methyl sites for hydroxylation is 1. The first-order valence-electron chi connectivity index (χ1n) is 8.47.